The van der Waals surface area contributed by atoms with Gasteiger partial charge in [-0.25, -0.2) is 9.49 Å². The summed E-state index contributed by atoms with van der Waals surface area (Å²) in [4.78, 5) is 38.9. The third-order valence-corrected chi connectivity index (χ3v) is 4.09. The molecular formula is C17H17FN4O3. The Bertz CT molecular complexity index is 806. The minimum atomic E-state index is -0.368. The molecule has 2 aromatic rings. The van der Waals surface area contributed by atoms with Gasteiger partial charge in [0.15, 0.2) is 0 Å². The van der Waals surface area contributed by atoms with Gasteiger partial charge in [0.1, 0.15) is 11.5 Å². The van der Waals surface area contributed by atoms with Crippen molar-refractivity contribution in [3.05, 3.63) is 63.8 Å². The Balaban J connectivity index is 1.55. The van der Waals surface area contributed by atoms with Gasteiger partial charge in [0.2, 0.25) is 5.91 Å². The fourth-order valence-corrected chi connectivity index (χ4v) is 2.67. The lowest BCUT2D eigenvalue weighted by molar-refractivity contribution is -0.131. The van der Waals surface area contributed by atoms with E-state index in [1.807, 2.05) is 0 Å². The molecule has 1 N–H and O–H groups in total. The average Bonchev–Trinajstić information content (AvgIpc) is 2.64. The average molecular weight is 344 g/mol. The molecule has 0 aliphatic carbocycles. The van der Waals surface area contributed by atoms with Crippen LogP contribution in [0.3, 0.4) is 0 Å². The van der Waals surface area contributed by atoms with Crippen molar-refractivity contribution in [1.29, 1.82) is 0 Å². The van der Waals surface area contributed by atoms with Gasteiger partial charge in [-0.2, -0.15) is 5.10 Å². The van der Waals surface area contributed by atoms with Gasteiger partial charge in [-0.05, 0) is 23.8 Å². The van der Waals surface area contributed by atoms with Crippen molar-refractivity contribution in [1.82, 2.24) is 20.0 Å². The van der Waals surface area contributed by atoms with Crippen molar-refractivity contribution in [3.63, 3.8) is 0 Å². The predicted molar refractivity (Wildman–Crippen MR) is 87.4 cm³/mol. The second-order valence-electron chi connectivity index (χ2n) is 5.78. The molecule has 8 heteroatoms. The van der Waals surface area contributed by atoms with Crippen LogP contribution in [0, 0.1) is 5.82 Å². The smallest absolute Gasteiger partial charge is 0.274 e. The number of H-pyrrole nitrogens is 1. The number of halogens is 1. The number of aromatic nitrogens is 2. The molecule has 1 saturated heterocycles. The summed E-state index contributed by atoms with van der Waals surface area (Å²) in [7, 11) is 0. The number of rotatable bonds is 3. The van der Waals surface area contributed by atoms with Crippen molar-refractivity contribution in [3.8, 4) is 0 Å². The van der Waals surface area contributed by atoms with Gasteiger partial charge in [0.05, 0.1) is 6.42 Å². The molecule has 25 heavy (non-hydrogen) atoms. The van der Waals surface area contributed by atoms with E-state index in [4.69, 9.17) is 0 Å². The zero-order valence-corrected chi connectivity index (χ0v) is 13.4. The van der Waals surface area contributed by atoms with Crippen molar-refractivity contribution in [2.45, 2.75) is 6.42 Å². The summed E-state index contributed by atoms with van der Waals surface area (Å²) >= 11 is 0. The first-order valence-electron chi connectivity index (χ1n) is 7.90. The largest absolute Gasteiger partial charge is 0.339 e. The molecule has 0 spiro atoms. The molecule has 1 fully saturated rings. The van der Waals surface area contributed by atoms with Crippen LogP contribution in [0.2, 0.25) is 0 Å². The quantitative estimate of drug-likeness (QED) is 0.875. The molecule has 7 nitrogen and oxygen atoms in total. The van der Waals surface area contributed by atoms with Gasteiger partial charge in [-0.1, -0.05) is 12.1 Å². The summed E-state index contributed by atoms with van der Waals surface area (Å²) < 4.78 is 12.9. The third kappa shape index (κ3) is 4.09. The molecule has 0 unspecified atom stereocenters. The highest BCUT2D eigenvalue weighted by molar-refractivity contribution is 5.92. The Morgan fingerprint density at radius 3 is 2.24 bits per heavy atom. The van der Waals surface area contributed by atoms with E-state index >= 15 is 0 Å². The normalized spacial score (nSPS) is 14.4. The minimum Gasteiger partial charge on any atom is -0.339 e. The molecule has 0 atom stereocenters. The SMILES string of the molecule is O=C(Cc1ccc(F)cc1)N1CCN(C(=O)c2ccc(=O)[nH]n2)CC1. The monoisotopic (exact) mass is 344 g/mol. The summed E-state index contributed by atoms with van der Waals surface area (Å²) in [6.45, 7) is 1.65. The van der Waals surface area contributed by atoms with Crippen molar-refractivity contribution >= 4 is 11.8 Å². The van der Waals surface area contributed by atoms with E-state index in [2.05, 4.69) is 10.2 Å². The maximum Gasteiger partial charge on any atom is 0.274 e. The molecule has 0 bridgehead atoms. The second kappa shape index (κ2) is 7.25. The maximum atomic E-state index is 12.9. The van der Waals surface area contributed by atoms with Crippen molar-refractivity contribution < 1.29 is 14.0 Å². The van der Waals surface area contributed by atoms with Crippen LogP contribution in [-0.2, 0) is 11.2 Å². The first-order valence-corrected chi connectivity index (χ1v) is 7.90. The number of piperazine rings is 1. The van der Waals surface area contributed by atoms with E-state index in [9.17, 15) is 18.8 Å². The first kappa shape index (κ1) is 16.8. The minimum absolute atomic E-state index is 0.0547. The molecule has 0 saturated carbocycles. The second-order valence-corrected chi connectivity index (χ2v) is 5.78. The van der Waals surface area contributed by atoms with Crippen LogP contribution < -0.4 is 5.56 Å². The summed E-state index contributed by atoms with van der Waals surface area (Å²) in [5.41, 5.74) is 0.556. The molecule has 1 aliphatic heterocycles. The number of amides is 2. The molecule has 3 rings (SSSR count). The predicted octanol–water partition coefficient (Wildman–Crippen LogP) is 0.436. The van der Waals surface area contributed by atoms with Gasteiger partial charge in [-0.15, -0.1) is 0 Å². The summed E-state index contributed by atoms with van der Waals surface area (Å²) in [5, 5.41) is 5.96. The van der Waals surface area contributed by atoms with Crippen LogP contribution in [0.4, 0.5) is 4.39 Å². The third-order valence-electron chi connectivity index (χ3n) is 4.09. The highest BCUT2D eigenvalue weighted by Crippen LogP contribution is 2.10. The van der Waals surface area contributed by atoms with E-state index in [-0.39, 0.29) is 35.3 Å². The summed E-state index contributed by atoms with van der Waals surface area (Å²) in [6.07, 6.45) is 0.204. The van der Waals surface area contributed by atoms with Crippen LogP contribution in [-0.4, -0.2) is 58.0 Å². The van der Waals surface area contributed by atoms with E-state index in [0.717, 1.165) is 5.56 Å². The molecule has 1 aromatic carbocycles. The Hall–Kier alpha value is -3.03. The summed E-state index contributed by atoms with van der Waals surface area (Å²) in [5.74, 6) is -0.665. The van der Waals surface area contributed by atoms with Crippen LogP contribution in [0.5, 0.6) is 0 Å². The molecule has 0 radical (unpaired) electrons. The van der Waals surface area contributed by atoms with Crippen LogP contribution >= 0.6 is 0 Å². The number of carbonyl (C=O) groups excluding carboxylic acids is 2. The fourth-order valence-electron chi connectivity index (χ4n) is 2.67. The molecule has 1 aliphatic rings. The van der Waals surface area contributed by atoms with Crippen LogP contribution in [0.15, 0.2) is 41.2 Å². The Kier molecular flexibility index (Phi) is 4.87. The molecular weight excluding hydrogens is 327 g/mol. The van der Waals surface area contributed by atoms with E-state index < -0.39 is 0 Å². The lowest BCUT2D eigenvalue weighted by atomic mass is 10.1. The number of benzene rings is 1. The number of nitrogens with zero attached hydrogens (tertiary/aromatic N) is 3. The maximum absolute atomic E-state index is 12.9. The lowest BCUT2D eigenvalue weighted by Gasteiger charge is -2.34. The highest BCUT2D eigenvalue weighted by Gasteiger charge is 2.25. The number of aromatic amines is 1. The van der Waals surface area contributed by atoms with Crippen molar-refractivity contribution in [2.24, 2.45) is 0 Å². The van der Waals surface area contributed by atoms with E-state index in [0.29, 0.717) is 26.2 Å². The lowest BCUT2D eigenvalue weighted by Crippen LogP contribution is -2.51. The van der Waals surface area contributed by atoms with Gasteiger partial charge >= 0.3 is 0 Å². The number of carbonyl (C=O) groups is 2. The molecule has 2 amide bonds. The number of nitrogens with one attached hydrogen (secondary N) is 1. The van der Waals surface area contributed by atoms with Gasteiger partial charge in [0, 0.05) is 32.2 Å². The molecule has 130 valence electrons. The van der Waals surface area contributed by atoms with E-state index in [1.165, 1.54) is 24.3 Å². The van der Waals surface area contributed by atoms with Gasteiger partial charge in [0.25, 0.3) is 11.5 Å². The fraction of sp³-hybridized carbons (Fsp3) is 0.294. The van der Waals surface area contributed by atoms with Gasteiger partial charge < -0.3 is 9.80 Å². The molecule has 1 aromatic heterocycles. The highest BCUT2D eigenvalue weighted by atomic mass is 19.1. The zero-order chi connectivity index (χ0) is 17.8. The number of hydrogen-bond acceptors (Lipinski definition) is 4. The van der Waals surface area contributed by atoms with Gasteiger partial charge in [-0.3, -0.25) is 14.4 Å². The standard InChI is InChI=1S/C17H17FN4O3/c18-13-3-1-12(2-4-13)11-16(24)21-7-9-22(10-8-21)17(25)14-5-6-15(23)20-19-14/h1-6H,7-11H2,(H,20,23). The van der Waals surface area contributed by atoms with Crippen LogP contribution in [0.25, 0.3) is 0 Å². The Labute approximate surface area is 143 Å². The van der Waals surface area contributed by atoms with E-state index in [1.54, 1.807) is 21.9 Å². The first-order chi connectivity index (χ1) is 12.0. The number of hydrogen-bond donors (Lipinski definition) is 1. The summed E-state index contributed by atoms with van der Waals surface area (Å²) in [6, 6.07) is 8.48. The Morgan fingerprint density at radius 2 is 1.64 bits per heavy atom. The van der Waals surface area contributed by atoms with Crippen molar-refractivity contribution in [2.75, 3.05) is 26.2 Å². The Morgan fingerprint density at radius 1 is 1.00 bits per heavy atom. The topological polar surface area (TPSA) is 86.4 Å². The van der Waals surface area contributed by atoms with Crippen LogP contribution in [0.1, 0.15) is 16.1 Å². The molecule has 2 heterocycles. The zero-order valence-electron chi connectivity index (χ0n) is 13.4.